The van der Waals surface area contributed by atoms with E-state index in [1.807, 2.05) is 42.6 Å². The summed E-state index contributed by atoms with van der Waals surface area (Å²) >= 11 is 12.4. The van der Waals surface area contributed by atoms with Gasteiger partial charge in [-0.1, -0.05) is 41.4 Å². The summed E-state index contributed by atoms with van der Waals surface area (Å²) in [6, 6.07) is 20.0. The van der Waals surface area contributed by atoms with Crippen molar-refractivity contribution in [3.05, 3.63) is 117 Å². The maximum absolute atomic E-state index is 13.5. The molecule has 0 unspecified atom stereocenters. The normalized spacial score (nSPS) is 12.5. The van der Waals surface area contributed by atoms with Crippen LogP contribution in [0.2, 0.25) is 10.0 Å². The zero-order chi connectivity index (χ0) is 23.8. The van der Waals surface area contributed by atoms with Crippen molar-refractivity contribution < 1.29 is 14.0 Å². The van der Waals surface area contributed by atoms with Gasteiger partial charge in [-0.3, -0.25) is 9.59 Å². The molecule has 2 amide bonds. The molecule has 1 aliphatic rings. The molecular weight excluding hydrogens is 476 g/mol. The number of rotatable bonds is 3. The molecule has 4 aromatic rings. The van der Waals surface area contributed by atoms with E-state index in [2.05, 4.69) is 9.88 Å². The Labute approximate surface area is 205 Å². The topological polar surface area (TPSA) is 54.3 Å². The van der Waals surface area contributed by atoms with E-state index in [1.54, 1.807) is 17.0 Å². The highest BCUT2D eigenvalue weighted by molar-refractivity contribution is 6.36. The second-order valence-corrected chi connectivity index (χ2v) is 8.73. The summed E-state index contributed by atoms with van der Waals surface area (Å²) in [5, 5.41) is 2.85. The van der Waals surface area contributed by atoms with Crippen molar-refractivity contribution in [2.45, 2.75) is 13.1 Å². The first-order valence-electron chi connectivity index (χ1n) is 10.5. The van der Waals surface area contributed by atoms with Gasteiger partial charge >= 0.3 is 0 Å². The van der Waals surface area contributed by atoms with Crippen LogP contribution in [-0.4, -0.2) is 16.4 Å². The Bertz CT molecular complexity index is 1430. The molecule has 8 heteroatoms. The van der Waals surface area contributed by atoms with E-state index < -0.39 is 11.7 Å². The number of fused-ring (bicyclic) bond motifs is 2. The molecule has 1 aromatic heterocycles. The lowest BCUT2D eigenvalue weighted by atomic mass is 10.1. The molecule has 0 fully saturated rings. The first-order chi connectivity index (χ1) is 16.4. The molecule has 0 saturated heterocycles. The van der Waals surface area contributed by atoms with Crippen LogP contribution in [0, 0.1) is 5.82 Å². The molecule has 5 nitrogen and oxygen atoms in total. The minimum Gasteiger partial charge on any atom is -0.345 e. The summed E-state index contributed by atoms with van der Waals surface area (Å²) in [7, 11) is 0. The Hall–Kier alpha value is -3.61. The van der Waals surface area contributed by atoms with Crippen molar-refractivity contribution >= 4 is 46.4 Å². The third-order valence-electron chi connectivity index (χ3n) is 5.75. The van der Waals surface area contributed by atoms with Gasteiger partial charge in [-0.15, -0.1) is 0 Å². The highest BCUT2D eigenvalue weighted by Crippen LogP contribution is 2.31. The molecule has 1 N–H and O–H groups in total. The van der Waals surface area contributed by atoms with Crippen molar-refractivity contribution in [1.82, 2.24) is 4.57 Å². The number of hydrogen-bond donors (Lipinski definition) is 1. The van der Waals surface area contributed by atoms with Gasteiger partial charge in [0.15, 0.2) is 0 Å². The molecule has 3 aromatic carbocycles. The van der Waals surface area contributed by atoms with Crippen LogP contribution in [0.5, 0.6) is 0 Å². The van der Waals surface area contributed by atoms with Crippen LogP contribution in [-0.2, 0) is 13.1 Å². The smallest absolute Gasteiger partial charge is 0.258 e. The standard InChI is InChI=1S/C26H18Cl2FN3O2/c27-21-13-18(29)8-9-20(21)25(33)30-23-10-7-16(12-22(23)28)26(34)32-15-19-5-3-11-31(19)14-17-4-1-2-6-24(17)32/h1-13H,14-15H2,(H,30,33). The van der Waals surface area contributed by atoms with E-state index in [0.717, 1.165) is 29.1 Å². The number of halogens is 3. The summed E-state index contributed by atoms with van der Waals surface area (Å²) < 4.78 is 15.4. The predicted octanol–water partition coefficient (Wildman–Crippen LogP) is 6.40. The molecule has 2 heterocycles. The quantitative estimate of drug-likeness (QED) is 0.359. The van der Waals surface area contributed by atoms with Crippen LogP contribution in [0.1, 0.15) is 32.0 Å². The fourth-order valence-corrected chi connectivity index (χ4v) is 4.52. The lowest BCUT2D eigenvalue weighted by molar-refractivity contribution is 0.0983. The average molecular weight is 494 g/mol. The third kappa shape index (κ3) is 4.18. The maximum atomic E-state index is 13.5. The molecule has 0 spiro atoms. The van der Waals surface area contributed by atoms with Gasteiger partial charge in [-0.05, 0) is 60.2 Å². The predicted molar refractivity (Wildman–Crippen MR) is 131 cm³/mol. The van der Waals surface area contributed by atoms with Crippen molar-refractivity contribution in [2.24, 2.45) is 0 Å². The van der Waals surface area contributed by atoms with E-state index in [1.165, 1.54) is 12.1 Å². The van der Waals surface area contributed by atoms with Gasteiger partial charge in [-0.2, -0.15) is 0 Å². The van der Waals surface area contributed by atoms with Crippen molar-refractivity contribution in [1.29, 1.82) is 0 Å². The molecule has 0 aliphatic carbocycles. The van der Waals surface area contributed by atoms with E-state index in [9.17, 15) is 14.0 Å². The Morgan fingerprint density at radius 3 is 2.50 bits per heavy atom. The molecule has 34 heavy (non-hydrogen) atoms. The highest BCUT2D eigenvalue weighted by Gasteiger charge is 2.25. The minimum absolute atomic E-state index is 0.00926. The van der Waals surface area contributed by atoms with Crippen LogP contribution in [0.3, 0.4) is 0 Å². The van der Waals surface area contributed by atoms with Gasteiger partial charge in [0.1, 0.15) is 5.82 Å². The molecule has 1 aliphatic heterocycles. The monoisotopic (exact) mass is 493 g/mol. The van der Waals surface area contributed by atoms with Crippen molar-refractivity contribution in [2.75, 3.05) is 10.2 Å². The molecule has 5 rings (SSSR count). The SMILES string of the molecule is O=C(Nc1ccc(C(=O)N2Cc3cccn3Cc3ccccc32)cc1Cl)c1ccc(F)cc1Cl. The molecule has 0 saturated carbocycles. The number of nitrogens with one attached hydrogen (secondary N) is 1. The third-order valence-corrected chi connectivity index (χ3v) is 6.38. The van der Waals surface area contributed by atoms with Gasteiger partial charge in [0.25, 0.3) is 11.8 Å². The Morgan fingerprint density at radius 1 is 0.882 bits per heavy atom. The number of hydrogen-bond acceptors (Lipinski definition) is 2. The minimum atomic E-state index is -0.537. The Morgan fingerprint density at radius 2 is 1.71 bits per heavy atom. The number of aromatic nitrogens is 1. The second-order valence-electron chi connectivity index (χ2n) is 7.92. The molecule has 0 radical (unpaired) electrons. The van der Waals surface area contributed by atoms with Gasteiger partial charge in [0, 0.05) is 29.7 Å². The van der Waals surface area contributed by atoms with E-state index in [-0.39, 0.29) is 21.5 Å². The Kier molecular flexibility index (Phi) is 5.86. The van der Waals surface area contributed by atoms with Gasteiger partial charge in [0.05, 0.1) is 27.8 Å². The number of carbonyl (C=O) groups is 2. The molecular formula is C26H18Cl2FN3O2. The zero-order valence-corrected chi connectivity index (χ0v) is 19.3. The first kappa shape index (κ1) is 22.2. The Balaban J connectivity index is 1.42. The van der Waals surface area contributed by atoms with Crippen molar-refractivity contribution in [3.63, 3.8) is 0 Å². The van der Waals surface area contributed by atoms with E-state index in [0.29, 0.717) is 24.3 Å². The van der Waals surface area contributed by atoms with Gasteiger partial charge < -0.3 is 14.8 Å². The summed E-state index contributed by atoms with van der Waals surface area (Å²) in [4.78, 5) is 27.9. The molecule has 0 bridgehead atoms. The largest absolute Gasteiger partial charge is 0.345 e. The lowest BCUT2D eigenvalue weighted by Gasteiger charge is -2.23. The number of para-hydroxylation sites is 1. The zero-order valence-electron chi connectivity index (χ0n) is 17.8. The lowest BCUT2D eigenvalue weighted by Crippen LogP contribution is -2.30. The number of nitrogens with zero attached hydrogens (tertiary/aromatic N) is 2. The van der Waals surface area contributed by atoms with Crippen LogP contribution >= 0.6 is 23.2 Å². The fraction of sp³-hybridized carbons (Fsp3) is 0.0769. The summed E-state index contributed by atoms with van der Waals surface area (Å²) in [6.45, 7) is 1.10. The second kappa shape index (κ2) is 8.97. The summed E-state index contributed by atoms with van der Waals surface area (Å²) in [6.07, 6.45) is 2.00. The summed E-state index contributed by atoms with van der Waals surface area (Å²) in [5.74, 6) is -1.28. The highest BCUT2D eigenvalue weighted by atomic mass is 35.5. The van der Waals surface area contributed by atoms with E-state index in [4.69, 9.17) is 23.2 Å². The van der Waals surface area contributed by atoms with Crippen LogP contribution in [0.4, 0.5) is 15.8 Å². The summed E-state index contributed by atoms with van der Waals surface area (Å²) in [5.41, 5.74) is 3.72. The number of carbonyl (C=O) groups excluding carboxylic acids is 2. The van der Waals surface area contributed by atoms with Crippen LogP contribution in [0.15, 0.2) is 79.0 Å². The number of anilines is 2. The number of benzene rings is 3. The fourth-order valence-electron chi connectivity index (χ4n) is 4.04. The van der Waals surface area contributed by atoms with Gasteiger partial charge in [-0.25, -0.2) is 4.39 Å². The maximum Gasteiger partial charge on any atom is 0.258 e. The van der Waals surface area contributed by atoms with E-state index >= 15 is 0 Å². The molecule has 170 valence electrons. The van der Waals surface area contributed by atoms with Gasteiger partial charge in [0.2, 0.25) is 0 Å². The van der Waals surface area contributed by atoms with Crippen LogP contribution in [0.25, 0.3) is 0 Å². The first-order valence-corrected chi connectivity index (χ1v) is 11.3. The number of amides is 2. The molecule has 0 atom stereocenters. The van der Waals surface area contributed by atoms with Crippen molar-refractivity contribution in [3.8, 4) is 0 Å². The van der Waals surface area contributed by atoms with Crippen LogP contribution < -0.4 is 10.2 Å². The average Bonchev–Trinajstić information content (AvgIpc) is 3.18.